The van der Waals surface area contributed by atoms with Gasteiger partial charge in [-0.3, -0.25) is 0 Å². The summed E-state index contributed by atoms with van der Waals surface area (Å²) in [6.45, 7) is 4.66. The van der Waals surface area contributed by atoms with E-state index in [1.165, 1.54) is 27.8 Å². The number of phenols is 2. The number of fused-ring (bicyclic) bond motifs is 8. The van der Waals surface area contributed by atoms with Gasteiger partial charge in [0.15, 0.2) is 5.60 Å². The van der Waals surface area contributed by atoms with Crippen LogP contribution < -0.4 is 9.47 Å². The predicted molar refractivity (Wildman–Crippen MR) is 189 cm³/mol. The Morgan fingerprint density at radius 3 is 2.02 bits per heavy atom. The highest BCUT2D eigenvalue weighted by Gasteiger charge is 2.50. The molecule has 0 fully saturated rings. The van der Waals surface area contributed by atoms with Crippen molar-refractivity contribution in [1.29, 1.82) is 0 Å². The topological polar surface area (TPSA) is 58.9 Å². The molecule has 2 unspecified atom stereocenters. The zero-order chi connectivity index (χ0) is 32.3. The van der Waals surface area contributed by atoms with Gasteiger partial charge in [-0.2, -0.15) is 0 Å². The van der Waals surface area contributed by atoms with Gasteiger partial charge in [-0.05, 0) is 94.1 Å². The van der Waals surface area contributed by atoms with Crippen molar-refractivity contribution >= 4 is 16.8 Å². The van der Waals surface area contributed by atoms with E-state index in [1.54, 1.807) is 31.4 Å². The van der Waals surface area contributed by atoms with Crippen LogP contribution in [0.4, 0.5) is 0 Å². The smallest absolute Gasteiger partial charge is 0.178 e. The van der Waals surface area contributed by atoms with Crippen LogP contribution in [0.2, 0.25) is 0 Å². The first-order valence-electron chi connectivity index (χ1n) is 16.2. The maximum atomic E-state index is 10.2. The van der Waals surface area contributed by atoms with Gasteiger partial charge in [0.25, 0.3) is 0 Å². The summed E-state index contributed by atoms with van der Waals surface area (Å²) >= 11 is 0. The Morgan fingerprint density at radius 1 is 0.745 bits per heavy atom. The van der Waals surface area contributed by atoms with Crippen LogP contribution in [-0.4, -0.2) is 17.3 Å². The molecule has 6 aromatic rings. The first kappa shape index (κ1) is 29.0. The second kappa shape index (κ2) is 10.8. The minimum Gasteiger partial charge on any atom is -0.508 e. The molecule has 6 aromatic carbocycles. The second-order valence-electron chi connectivity index (χ2n) is 12.7. The molecule has 0 saturated carbocycles. The highest BCUT2D eigenvalue weighted by atomic mass is 16.5. The van der Waals surface area contributed by atoms with E-state index in [2.05, 4.69) is 92.7 Å². The quantitative estimate of drug-likeness (QED) is 0.196. The van der Waals surface area contributed by atoms with E-state index in [1.807, 2.05) is 30.3 Å². The lowest BCUT2D eigenvalue weighted by Crippen LogP contribution is -2.36. The molecular formula is C43H36O4. The highest BCUT2D eigenvalue weighted by molar-refractivity contribution is 6.09. The fraction of sp³-hybridized carbons (Fsp3) is 0.163. The summed E-state index contributed by atoms with van der Waals surface area (Å²) in [7, 11) is 1.71. The molecule has 0 spiro atoms. The molecule has 47 heavy (non-hydrogen) atoms. The third-order valence-electron chi connectivity index (χ3n) is 10.6. The van der Waals surface area contributed by atoms with Crippen LogP contribution in [0.15, 0.2) is 127 Å². The van der Waals surface area contributed by atoms with Crippen molar-refractivity contribution in [3.63, 3.8) is 0 Å². The Hall–Kier alpha value is -5.48. The van der Waals surface area contributed by atoms with Crippen LogP contribution in [0, 0.1) is 0 Å². The van der Waals surface area contributed by atoms with E-state index in [9.17, 15) is 10.2 Å². The summed E-state index contributed by atoms with van der Waals surface area (Å²) in [4.78, 5) is 0. The van der Waals surface area contributed by atoms with E-state index in [0.29, 0.717) is 0 Å². The van der Waals surface area contributed by atoms with Crippen molar-refractivity contribution in [2.75, 3.05) is 7.11 Å². The number of aromatic hydroxyl groups is 2. The molecule has 8 rings (SSSR count). The molecule has 2 atom stereocenters. The Kier molecular flexibility index (Phi) is 6.66. The minimum absolute atomic E-state index is 0.164. The molecule has 0 bridgehead atoms. The van der Waals surface area contributed by atoms with Crippen molar-refractivity contribution in [3.8, 4) is 34.1 Å². The molecular weight excluding hydrogens is 580 g/mol. The van der Waals surface area contributed by atoms with E-state index < -0.39 is 5.60 Å². The monoisotopic (exact) mass is 616 g/mol. The molecule has 0 saturated heterocycles. The molecule has 0 radical (unpaired) electrons. The summed E-state index contributed by atoms with van der Waals surface area (Å²) in [6.07, 6.45) is 5.28. The Bertz CT molecular complexity index is 2120. The third kappa shape index (κ3) is 4.14. The number of rotatable bonds is 6. The average molecular weight is 617 g/mol. The highest BCUT2D eigenvalue weighted by Crippen LogP contribution is 2.63. The number of phenolic OH excluding ortho intramolecular Hbond substituents is 2. The van der Waals surface area contributed by atoms with Gasteiger partial charge in [0, 0.05) is 27.5 Å². The van der Waals surface area contributed by atoms with E-state index in [4.69, 9.17) is 9.47 Å². The van der Waals surface area contributed by atoms with Crippen molar-refractivity contribution in [2.45, 2.75) is 37.2 Å². The number of methoxy groups -OCH3 is 1. The van der Waals surface area contributed by atoms with E-state index >= 15 is 0 Å². The first-order chi connectivity index (χ1) is 22.9. The molecule has 0 aromatic heterocycles. The van der Waals surface area contributed by atoms with Gasteiger partial charge in [-0.25, -0.2) is 0 Å². The number of ether oxygens (including phenoxy) is 2. The summed E-state index contributed by atoms with van der Waals surface area (Å²) in [6, 6.07) is 40.3. The molecule has 232 valence electrons. The first-order valence-corrected chi connectivity index (χ1v) is 16.2. The number of hydrogen-bond donors (Lipinski definition) is 2. The molecule has 1 heterocycles. The molecule has 2 aliphatic rings. The van der Waals surface area contributed by atoms with Crippen LogP contribution in [0.1, 0.15) is 59.6 Å². The van der Waals surface area contributed by atoms with Gasteiger partial charge in [0.1, 0.15) is 23.0 Å². The van der Waals surface area contributed by atoms with Gasteiger partial charge < -0.3 is 19.7 Å². The maximum absolute atomic E-state index is 10.2. The van der Waals surface area contributed by atoms with Crippen LogP contribution in [0.3, 0.4) is 0 Å². The fourth-order valence-electron chi connectivity index (χ4n) is 8.26. The minimum atomic E-state index is -1.01. The molecule has 0 amide bonds. The normalized spacial score (nSPS) is 17.8. The summed E-state index contributed by atoms with van der Waals surface area (Å²) in [5, 5.41) is 22.5. The van der Waals surface area contributed by atoms with Gasteiger partial charge in [-0.1, -0.05) is 98.8 Å². The summed E-state index contributed by atoms with van der Waals surface area (Å²) in [5.74, 6) is 2.13. The van der Waals surface area contributed by atoms with Crippen LogP contribution in [0.25, 0.3) is 28.0 Å². The standard InChI is InChI=1S/C43H36O4/c1-4-42(27(2)28-10-6-5-7-11-28)38-13-9-8-12-35(38)39-37-26-33(46-3)22-23-34(37)41-36(40(39)42)24-25-43(47-41,29-14-18-31(44)19-15-29)30-16-20-32(45)21-17-30/h5-27,44-45H,4H2,1-3H3. The van der Waals surface area contributed by atoms with Gasteiger partial charge >= 0.3 is 0 Å². The lowest BCUT2D eigenvalue weighted by Gasteiger charge is -2.42. The molecule has 4 nitrogen and oxygen atoms in total. The number of benzene rings is 6. The molecule has 1 aliphatic heterocycles. The van der Waals surface area contributed by atoms with Crippen LogP contribution in [0.5, 0.6) is 23.0 Å². The van der Waals surface area contributed by atoms with Crippen molar-refractivity contribution in [2.24, 2.45) is 0 Å². The lowest BCUT2D eigenvalue weighted by molar-refractivity contribution is 0.163. The largest absolute Gasteiger partial charge is 0.508 e. The lowest BCUT2D eigenvalue weighted by atomic mass is 9.63. The maximum Gasteiger partial charge on any atom is 0.178 e. The van der Waals surface area contributed by atoms with Crippen molar-refractivity contribution in [3.05, 3.63) is 161 Å². The van der Waals surface area contributed by atoms with Crippen LogP contribution >= 0.6 is 0 Å². The average Bonchev–Trinajstić information content (AvgIpc) is 3.43. The molecule has 1 aliphatic carbocycles. The second-order valence-corrected chi connectivity index (χ2v) is 12.7. The summed E-state index contributed by atoms with van der Waals surface area (Å²) in [5.41, 5.74) is 7.83. The number of hydrogen-bond acceptors (Lipinski definition) is 4. The van der Waals surface area contributed by atoms with Crippen molar-refractivity contribution < 1.29 is 19.7 Å². The zero-order valence-electron chi connectivity index (χ0n) is 26.7. The molecule has 2 N–H and O–H groups in total. The Morgan fingerprint density at radius 2 is 1.38 bits per heavy atom. The van der Waals surface area contributed by atoms with Gasteiger partial charge in [-0.15, -0.1) is 0 Å². The SMILES string of the molecule is CCC1(C(C)c2ccccc2)c2ccccc2-c2c1c1c(c3ccc(OC)cc23)OC(c2ccc(O)cc2)(c2ccc(O)cc2)C=C1. The van der Waals surface area contributed by atoms with E-state index in [-0.39, 0.29) is 22.8 Å². The Labute approximate surface area is 275 Å². The van der Waals surface area contributed by atoms with Crippen LogP contribution in [-0.2, 0) is 11.0 Å². The summed E-state index contributed by atoms with van der Waals surface area (Å²) < 4.78 is 13.2. The third-order valence-corrected chi connectivity index (χ3v) is 10.6. The predicted octanol–water partition coefficient (Wildman–Crippen LogP) is 10.1. The Balaban J connectivity index is 1.49. The van der Waals surface area contributed by atoms with Gasteiger partial charge in [0.2, 0.25) is 0 Å². The molecule has 4 heteroatoms. The van der Waals surface area contributed by atoms with Gasteiger partial charge in [0.05, 0.1) is 7.11 Å². The van der Waals surface area contributed by atoms with Crippen molar-refractivity contribution in [1.82, 2.24) is 0 Å². The zero-order valence-corrected chi connectivity index (χ0v) is 26.7. The van der Waals surface area contributed by atoms with E-state index in [0.717, 1.165) is 45.4 Å². The fourth-order valence-corrected chi connectivity index (χ4v) is 8.26.